The van der Waals surface area contributed by atoms with Crippen molar-refractivity contribution in [1.82, 2.24) is 0 Å². The molecule has 0 atom stereocenters. The zero-order chi connectivity index (χ0) is 12.5. The predicted octanol–water partition coefficient (Wildman–Crippen LogP) is 4.57. The van der Waals surface area contributed by atoms with Gasteiger partial charge in [0, 0.05) is 21.5 Å². The van der Waals surface area contributed by atoms with Crippen molar-refractivity contribution < 1.29 is 9.21 Å². The number of carbonyl (C=O) groups excluding carboxylic acids is 1. The van der Waals surface area contributed by atoms with Crippen LogP contribution in [-0.4, -0.2) is 6.29 Å². The van der Waals surface area contributed by atoms with Gasteiger partial charge in [0.25, 0.3) is 0 Å². The molecule has 0 fully saturated rings. The van der Waals surface area contributed by atoms with Crippen molar-refractivity contribution in [1.29, 1.82) is 0 Å². The average Bonchev–Trinajstić information content (AvgIpc) is 2.81. The van der Waals surface area contributed by atoms with E-state index >= 15 is 0 Å². The topological polar surface area (TPSA) is 30.2 Å². The first-order valence-electron chi connectivity index (χ1n) is 5.51. The van der Waals surface area contributed by atoms with Gasteiger partial charge in [-0.1, -0.05) is 23.7 Å². The highest BCUT2D eigenvalue weighted by molar-refractivity contribution is 6.30. The summed E-state index contributed by atoms with van der Waals surface area (Å²) in [5, 5.41) is 1.58. The van der Waals surface area contributed by atoms with E-state index < -0.39 is 0 Å². The van der Waals surface area contributed by atoms with Crippen LogP contribution in [0.25, 0.3) is 22.3 Å². The number of benzene rings is 2. The first-order valence-corrected chi connectivity index (χ1v) is 5.89. The first kappa shape index (κ1) is 11.1. The van der Waals surface area contributed by atoms with E-state index in [9.17, 15) is 4.79 Å². The summed E-state index contributed by atoms with van der Waals surface area (Å²) in [6.45, 7) is 0. The van der Waals surface area contributed by atoms with Crippen LogP contribution in [0.1, 0.15) is 10.4 Å². The van der Waals surface area contributed by atoms with Crippen LogP contribution in [0.4, 0.5) is 0 Å². The number of furan rings is 1. The molecule has 0 saturated carbocycles. The highest BCUT2D eigenvalue weighted by Gasteiger charge is 2.07. The second kappa shape index (κ2) is 4.31. The Labute approximate surface area is 109 Å². The molecule has 1 aromatic heterocycles. The summed E-state index contributed by atoms with van der Waals surface area (Å²) in [5.74, 6) is 0.746. The Hall–Kier alpha value is -2.06. The lowest BCUT2D eigenvalue weighted by atomic mass is 10.1. The van der Waals surface area contributed by atoms with Gasteiger partial charge >= 0.3 is 0 Å². The van der Waals surface area contributed by atoms with Crippen molar-refractivity contribution in [2.24, 2.45) is 0 Å². The fourth-order valence-corrected chi connectivity index (χ4v) is 2.11. The van der Waals surface area contributed by atoms with E-state index in [1.54, 1.807) is 18.2 Å². The Morgan fingerprint density at radius 3 is 2.72 bits per heavy atom. The molecule has 0 aliphatic rings. The summed E-state index contributed by atoms with van der Waals surface area (Å²) < 4.78 is 5.73. The number of hydrogen-bond donors (Lipinski definition) is 0. The standard InChI is InChI=1S/C15H9ClO2/c16-13-3-1-2-11(7-13)15-8-12-6-10(9-17)4-5-14(12)18-15/h1-9H. The van der Waals surface area contributed by atoms with Gasteiger partial charge in [0.05, 0.1) is 0 Å². The Morgan fingerprint density at radius 2 is 1.94 bits per heavy atom. The van der Waals surface area contributed by atoms with Gasteiger partial charge < -0.3 is 4.42 Å². The van der Waals surface area contributed by atoms with E-state index in [0.717, 1.165) is 28.6 Å². The van der Waals surface area contributed by atoms with Gasteiger partial charge in [-0.05, 0) is 36.4 Å². The summed E-state index contributed by atoms with van der Waals surface area (Å²) in [7, 11) is 0. The zero-order valence-corrected chi connectivity index (χ0v) is 10.1. The Bertz CT molecular complexity index is 728. The van der Waals surface area contributed by atoms with Gasteiger partial charge in [-0.25, -0.2) is 0 Å². The normalized spacial score (nSPS) is 10.7. The maximum Gasteiger partial charge on any atom is 0.150 e. The number of halogens is 1. The minimum absolute atomic E-state index is 0.640. The molecule has 18 heavy (non-hydrogen) atoms. The van der Waals surface area contributed by atoms with Gasteiger partial charge in [-0.15, -0.1) is 0 Å². The molecule has 0 amide bonds. The van der Waals surface area contributed by atoms with Crippen LogP contribution in [0.15, 0.2) is 52.9 Å². The van der Waals surface area contributed by atoms with Crippen molar-refractivity contribution in [3.05, 3.63) is 59.1 Å². The van der Waals surface area contributed by atoms with Gasteiger partial charge in [0.1, 0.15) is 17.6 Å². The molecule has 2 nitrogen and oxygen atoms in total. The minimum atomic E-state index is 0.640. The van der Waals surface area contributed by atoms with E-state index in [-0.39, 0.29) is 0 Å². The third-order valence-corrected chi connectivity index (χ3v) is 3.02. The number of rotatable bonds is 2. The molecule has 0 radical (unpaired) electrons. The second-order valence-electron chi connectivity index (χ2n) is 4.04. The summed E-state index contributed by atoms with van der Waals surface area (Å²) in [5.41, 5.74) is 2.32. The molecule has 3 heteroatoms. The maximum atomic E-state index is 10.7. The van der Waals surface area contributed by atoms with E-state index in [2.05, 4.69) is 0 Å². The molecule has 88 valence electrons. The van der Waals surface area contributed by atoms with Crippen LogP contribution in [0, 0.1) is 0 Å². The smallest absolute Gasteiger partial charge is 0.150 e. The molecular weight excluding hydrogens is 248 g/mol. The molecule has 0 saturated heterocycles. The third kappa shape index (κ3) is 1.91. The monoisotopic (exact) mass is 256 g/mol. The lowest BCUT2D eigenvalue weighted by Gasteiger charge is -1.96. The largest absolute Gasteiger partial charge is 0.456 e. The van der Waals surface area contributed by atoms with Crippen LogP contribution in [0.2, 0.25) is 5.02 Å². The van der Waals surface area contributed by atoms with Crippen LogP contribution in [0.5, 0.6) is 0 Å². The maximum absolute atomic E-state index is 10.7. The second-order valence-corrected chi connectivity index (χ2v) is 4.47. The van der Waals surface area contributed by atoms with E-state index in [1.807, 2.05) is 30.3 Å². The molecular formula is C15H9ClO2. The van der Waals surface area contributed by atoms with E-state index in [4.69, 9.17) is 16.0 Å². The predicted molar refractivity (Wildman–Crippen MR) is 72.0 cm³/mol. The fraction of sp³-hybridized carbons (Fsp3) is 0. The van der Waals surface area contributed by atoms with Crippen molar-refractivity contribution in [2.75, 3.05) is 0 Å². The van der Waals surface area contributed by atoms with Crippen LogP contribution in [0.3, 0.4) is 0 Å². The summed E-state index contributed by atoms with van der Waals surface area (Å²) in [6, 6.07) is 14.7. The van der Waals surface area contributed by atoms with E-state index in [0.29, 0.717) is 10.6 Å². The number of fused-ring (bicyclic) bond motifs is 1. The van der Waals surface area contributed by atoms with Gasteiger partial charge in [-0.3, -0.25) is 4.79 Å². The average molecular weight is 257 g/mol. The summed E-state index contributed by atoms with van der Waals surface area (Å²) in [6.07, 6.45) is 0.825. The fourth-order valence-electron chi connectivity index (χ4n) is 1.92. The molecule has 0 N–H and O–H groups in total. The Morgan fingerprint density at radius 1 is 1.06 bits per heavy atom. The molecule has 0 bridgehead atoms. The molecule has 0 aliphatic carbocycles. The molecule has 3 aromatic rings. The van der Waals surface area contributed by atoms with Crippen LogP contribution < -0.4 is 0 Å². The number of aldehydes is 1. The zero-order valence-electron chi connectivity index (χ0n) is 9.39. The summed E-state index contributed by atoms with van der Waals surface area (Å²) >= 11 is 5.95. The van der Waals surface area contributed by atoms with Gasteiger partial charge in [0.15, 0.2) is 0 Å². The Kier molecular flexibility index (Phi) is 2.65. The molecule has 3 rings (SSSR count). The van der Waals surface area contributed by atoms with Crippen molar-refractivity contribution in [2.45, 2.75) is 0 Å². The Balaban J connectivity index is 2.16. The van der Waals surface area contributed by atoms with Gasteiger partial charge in [0.2, 0.25) is 0 Å². The number of carbonyl (C=O) groups is 1. The molecule has 2 aromatic carbocycles. The van der Waals surface area contributed by atoms with Crippen molar-refractivity contribution >= 4 is 28.9 Å². The van der Waals surface area contributed by atoms with E-state index in [1.165, 1.54) is 0 Å². The van der Waals surface area contributed by atoms with Gasteiger partial charge in [-0.2, -0.15) is 0 Å². The highest BCUT2D eigenvalue weighted by Crippen LogP contribution is 2.29. The van der Waals surface area contributed by atoms with Crippen molar-refractivity contribution in [3.63, 3.8) is 0 Å². The van der Waals surface area contributed by atoms with Crippen LogP contribution in [-0.2, 0) is 0 Å². The molecule has 0 aliphatic heterocycles. The van der Waals surface area contributed by atoms with Crippen LogP contribution >= 0.6 is 11.6 Å². The lowest BCUT2D eigenvalue weighted by molar-refractivity contribution is 0.112. The van der Waals surface area contributed by atoms with Crippen molar-refractivity contribution in [3.8, 4) is 11.3 Å². The molecule has 0 spiro atoms. The SMILES string of the molecule is O=Cc1ccc2oc(-c3cccc(Cl)c3)cc2c1. The molecule has 1 heterocycles. The number of hydrogen-bond acceptors (Lipinski definition) is 2. The lowest BCUT2D eigenvalue weighted by Crippen LogP contribution is -1.75. The summed E-state index contributed by atoms with van der Waals surface area (Å²) in [4.78, 5) is 10.7. The highest BCUT2D eigenvalue weighted by atomic mass is 35.5. The minimum Gasteiger partial charge on any atom is -0.456 e. The first-order chi connectivity index (χ1) is 8.76. The molecule has 0 unspecified atom stereocenters. The quantitative estimate of drug-likeness (QED) is 0.629. The third-order valence-electron chi connectivity index (χ3n) is 2.79.